The van der Waals surface area contributed by atoms with Crippen LogP contribution in [-0.4, -0.2) is 35.3 Å². The maximum atomic E-state index is 13.3. The van der Waals surface area contributed by atoms with Gasteiger partial charge >= 0.3 is 6.03 Å². The van der Waals surface area contributed by atoms with E-state index >= 15 is 0 Å². The number of urea groups is 1. The SMILES string of the molecule is COc1ccc(C(C)=O)cc1CN1C(=O)N[C@]2(CCc3ccccc3C2)C1=O. The molecule has 4 rings (SSSR count). The minimum Gasteiger partial charge on any atom is -0.496 e. The summed E-state index contributed by atoms with van der Waals surface area (Å²) in [6, 6.07) is 12.7. The molecular weight excluding hydrogens is 356 g/mol. The van der Waals surface area contributed by atoms with Crippen molar-refractivity contribution in [2.75, 3.05) is 7.11 Å². The molecule has 0 radical (unpaired) electrons. The number of aryl methyl sites for hydroxylation is 1. The lowest BCUT2D eigenvalue weighted by Gasteiger charge is -2.32. The molecule has 2 aromatic carbocycles. The van der Waals surface area contributed by atoms with Crippen LogP contribution >= 0.6 is 0 Å². The number of Topliss-reactive ketones (excluding diaryl/α,β-unsaturated/α-hetero) is 1. The fourth-order valence-corrected chi connectivity index (χ4v) is 4.14. The number of rotatable bonds is 4. The van der Waals surface area contributed by atoms with E-state index in [1.165, 1.54) is 24.5 Å². The Bertz CT molecular complexity index is 984. The van der Waals surface area contributed by atoms with Crippen LogP contribution in [0.5, 0.6) is 5.75 Å². The van der Waals surface area contributed by atoms with Crippen molar-refractivity contribution < 1.29 is 19.1 Å². The van der Waals surface area contributed by atoms with Gasteiger partial charge in [-0.3, -0.25) is 14.5 Å². The minimum absolute atomic E-state index is 0.0678. The van der Waals surface area contributed by atoms with Gasteiger partial charge in [-0.1, -0.05) is 24.3 Å². The molecule has 1 atom stereocenters. The molecule has 1 N–H and O–H groups in total. The molecule has 1 aliphatic carbocycles. The van der Waals surface area contributed by atoms with E-state index in [-0.39, 0.29) is 18.2 Å². The molecule has 1 saturated heterocycles. The standard InChI is InChI=1S/C22H22N2O4/c1-14(25)16-7-8-19(28-2)18(11-16)13-24-20(26)22(23-21(24)27)10-9-15-5-3-4-6-17(15)12-22/h3-8,11H,9-10,12-13H2,1-2H3,(H,23,27)/t22-/m0/s1. The number of hydrogen-bond acceptors (Lipinski definition) is 4. The Labute approximate surface area is 163 Å². The van der Waals surface area contributed by atoms with E-state index in [2.05, 4.69) is 11.4 Å². The van der Waals surface area contributed by atoms with E-state index in [4.69, 9.17) is 4.74 Å². The first-order valence-corrected chi connectivity index (χ1v) is 9.32. The van der Waals surface area contributed by atoms with Crippen molar-refractivity contribution in [1.29, 1.82) is 0 Å². The van der Waals surface area contributed by atoms with Gasteiger partial charge in [0.05, 0.1) is 13.7 Å². The topological polar surface area (TPSA) is 75.7 Å². The van der Waals surface area contributed by atoms with Crippen LogP contribution < -0.4 is 10.1 Å². The van der Waals surface area contributed by atoms with Gasteiger partial charge in [0.2, 0.25) is 0 Å². The van der Waals surface area contributed by atoms with E-state index in [0.717, 1.165) is 12.0 Å². The van der Waals surface area contributed by atoms with Crippen LogP contribution in [-0.2, 0) is 24.2 Å². The number of imide groups is 1. The van der Waals surface area contributed by atoms with Crippen LogP contribution in [0.2, 0.25) is 0 Å². The molecule has 0 aromatic heterocycles. The molecule has 1 aliphatic heterocycles. The van der Waals surface area contributed by atoms with Gasteiger partial charge in [0, 0.05) is 17.5 Å². The van der Waals surface area contributed by atoms with Gasteiger partial charge in [0.1, 0.15) is 11.3 Å². The van der Waals surface area contributed by atoms with Crippen molar-refractivity contribution in [3.05, 3.63) is 64.7 Å². The molecule has 3 amide bonds. The van der Waals surface area contributed by atoms with Gasteiger partial charge in [-0.2, -0.15) is 0 Å². The second kappa shape index (κ2) is 6.78. The molecule has 0 saturated carbocycles. The Kier molecular flexibility index (Phi) is 4.41. The molecule has 2 aliphatic rings. The first-order valence-electron chi connectivity index (χ1n) is 9.32. The van der Waals surface area contributed by atoms with Gasteiger partial charge < -0.3 is 10.1 Å². The third-order valence-electron chi connectivity index (χ3n) is 5.69. The number of ether oxygens (including phenoxy) is 1. The minimum atomic E-state index is -0.892. The zero-order valence-electron chi connectivity index (χ0n) is 16.0. The molecule has 0 bridgehead atoms. The smallest absolute Gasteiger partial charge is 0.325 e. The molecule has 1 heterocycles. The van der Waals surface area contributed by atoms with Crippen LogP contribution in [0.3, 0.4) is 0 Å². The quantitative estimate of drug-likeness (QED) is 0.656. The normalized spacial score (nSPS) is 20.9. The highest BCUT2D eigenvalue weighted by Gasteiger charge is 2.52. The third-order valence-corrected chi connectivity index (χ3v) is 5.69. The summed E-state index contributed by atoms with van der Waals surface area (Å²) in [7, 11) is 1.53. The summed E-state index contributed by atoms with van der Waals surface area (Å²) in [5.74, 6) is 0.240. The Hall–Kier alpha value is -3.15. The third kappa shape index (κ3) is 2.95. The van der Waals surface area contributed by atoms with E-state index in [1.807, 2.05) is 18.2 Å². The lowest BCUT2D eigenvalue weighted by molar-refractivity contribution is -0.132. The number of amides is 3. The molecule has 6 nitrogen and oxygen atoms in total. The highest BCUT2D eigenvalue weighted by molar-refractivity contribution is 6.07. The number of nitrogens with zero attached hydrogens (tertiary/aromatic N) is 1. The van der Waals surface area contributed by atoms with Crippen molar-refractivity contribution in [3.8, 4) is 5.75 Å². The molecule has 1 fully saturated rings. The number of carbonyl (C=O) groups is 3. The molecule has 28 heavy (non-hydrogen) atoms. The predicted octanol–water partition coefficient (Wildman–Crippen LogP) is 2.88. The summed E-state index contributed by atoms with van der Waals surface area (Å²) in [5.41, 5.74) is 2.58. The average molecular weight is 378 g/mol. The van der Waals surface area contributed by atoms with Gasteiger partial charge in [0.15, 0.2) is 5.78 Å². The van der Waals surface area contributed by atoms with E-state index in [9.17, 15) is 14.4 Å². The predicted molar refractivity (Wildman–Crippen MR) is 103 cm³/mol. The fourth-order valence-electron chi connectivity index (χ4n) is 4.14. The van der Waals surface area contributed by atoms with Crippen molar-refractivity contribution in [1.82, 2.24) is 10.2 Å². The average Bonchev–Trinajstić information content (AvgIpc) is 2.91. The second-order valence-corrected chi connectivity index (χ2v) is 7.43. The highest BCUT2D eigenvalue weighted by Crippen LogP contribution is 2.35. The first kappa shape index (κ1) is 18.2. The summed E-state index contributed by atoms with van der Waals surface area (Å²) in [4.78, 5) is 38.9. The van der Waals surface area contributed by atoms with E-state index in [0.29, 0.717) is 29.7 Å². The van der Waals surface area contributed by atoms with Crippen LogP contribution in [0.15, 0.2) is 42.5 Å². The summed E-state index contributed by atoms with van der Waals surface area (Å²) in [5, 5.41) is 2.93. The monoisotopic (exact) mass is 378 g/mol. The number of carbonyl (C=O) groups excluding carboxylic acids is 3. The molecule has 2 aromatic rings. The van der Waals surface area contributed by atoms with Crippen LogP contribution in [0.1, 0.15) is 40.4 Å². The van der Waals surface area contributed by atoms with E-state index < -0.39 is 11.6 Å². The van der Waals surface area contributed by atoms with Crippen LogP contribution in [0, 0.1) is 0 Å². The van der Waals surface area contributed by atoms with Crippen LogP contribution in [0.4, 0.5) is 4.79 Å². The van der Waals surface area contributed by atoms with Crippen LogP contribution in [0.25, 0.3) is 0 Å². The number of fused-ring (bicyclic) bond motifs is 1. The second-order valence-electron chi connectivity index (χ2n) is 7.43. The van der Waals surface area contributed by atoms with E-state index in [1.54, 1.807) is 18.2 Å². The zero-order valence-corrected chi connectivity index (χ0v) is 16.0. The number of methoxy groups -OCH3 is 1. The maximum absolute atomic E-state index is 13.3. The molecule has 144 valence electrons. The molecular formula is C22H22N2O4. The summed E-state index contributed by atoms with van der Waals surface area (Å²) >= 11 is 0. The lowest BCUT2D eigenvalue weighted by Crippen LogP contribution is -2.51. The van der Waals surface area contributed by atoms with Gasteiger partial charge in [0.25, 0.3) is 5.91 Å². The summed E-state index contributed by atoms with van der Waals surface area (Å²) in [6.07, 6.45) is 1.82. The van der Waals surface area contributed by atoms with Gasteiger partial charge in [-0.25, -0.2) is 4.79 Å². The number of nitrogens with one attached hydrogen (secondary N) is 1. The lowest BCUT2D eigenvalue weighted by atomic mass is 9.78. The highest BCUT2D eigenvalue weighted by atomic mass is 16.5. The van der Waals surface area contributed by atoms with Crippen molar-refractivity contribution in [2.45, 2.75) is 38.3 Å². The Morgan fingerprint density at radius 3 is 2.64 bits per heavy atom. The van der Waals surface area contributed by atoms with Crippen molar-refractivity contribution >= 4 is 17.7 Å². The van der Waals surface area contributed by atoms with Crippen molar-refractivity contribution in [2.24, 2.45) is 0 Å². The maximum Gasteiger partial charge on any atom is 0.325 e. The summed E-state index contributed by atoms with van der Waals surface area (Å²) < 4.78 is 5.36. The first-order chi connectivity index (χ1) is 13.4. The Morgan fingerprint density at radius 2 is 1.93 bits per heavy atom. The molecule has 0 unspecified atom stereocenters. The largest absolute Gasteiger partial charge is 0.496 e. The van der Waals surface area contributed by atoms with Crippen molar-refractivity contribution in [3.63, 3.8) is 0 Å². The molecule has 6 heteroatoms. The Balaban J connectivity index is 1.63. The molecule has 1 spiro atoms. The van der Waals surface area contributed by atoms with Gasteiger partial charge in [-0.05, 0) is 49.1 Å². The number of ketones is 1. The van der Waals surface area contributed by atoms with Gasteiger partial charge in [-0.15, -0.1) is 0 Å². The fraction of sp³-hybridized carbons (Fsp3) is 0.318. The number of benzene rings is 2. The Morgan fingerprint density at radius 1 is 1.18 bits per heavy atom. The number of hydrogen-bond donors (Lipinski definition) is 1. The summed E-state index contributed by atoms with van der Waals surface area (Å²) in [6.45, 7) is 1.55. The zero-order chi connectivity index (χ0) is 19.9.